The number of nitro benzene ring substituents is 1. The first kappa shape index (κ1) is 18.3. The van der Waals surface area contributed by atoms with Crippen molar-refractivity contribution in [1.29, 1.82) is 0 Å². The molecule has 0 radical (unpaired) electrons. The van der Waals surface area contributed by atoms with Gasteiger partial charge < -0.3 is 5.32 Å². The van der Waals surface area contributed by atoms with E-state index in [9.17, 15) is 14.9 Å². The number of carbonyl (C=O) groups is 1. The summed E-state index contributed by atoms with van der Waals surface area (Å²) >= 11 is 0. The fourth-order valence-corrected chi connectivity index (χ4v) is 2.97. The normalized spacial score (nSPS) is 10.6. The first-order chi connectivity index (χ1) is 13.1. The van der Waals surface area contributed by atoms with Crippen LogP contribution in [0.4, 0.5) is 11.4 Å². The van der Waals surface area contributed by atoms with E-state index >= 15 is 0 Å². The lowest BCUT2D eigenvalue weighted by Crippen LogP contribution is -2.26. The maximum absolute atomic E-state index is 12.9. The van der Waals surface area contributed by atoms with Crippen LogP contribution in [0, 0.1) is 16.0 Å². The van der Waals surface area contributed by atoms with E-state index in [4.69, 9.17) is 0 Å². The largest absolute Gasteiger partial charge is 0.326 e. The summed E-state index contributed by atoms with van der Waals surface area (Å²) < 4.78 is 0. The van der Waals surface area contributed by atoms with E-state index in [2.05, 4.69) is 5.32 Å². The number of benzene rings is 3. The first-order valence-corrected chi connectivity index (χ1v) is 8.75. The van der Waals surface area contributed by atoms with Crippen LogP contribution in [0.25, 0.3) is 0 Å². The number of anilines is 1. The molecule has 0 saturated heterocycles. The Labute approximate surface area is 157 Å². The van der Waals surface area contributed by atoms with Crippen molar-refractivity contribution in [3.8, 4) is 0 Å². The molecule has 0 saturated carbocycles. The van der Waals surface area contributed by atoms with Gasteiger partial charge in [0.1, 0.15) is 0 Å². The third kappa shape index (κ3) is 5.25. The fraction of sp³-hybridized carbons (Fsp3) is 0.136. The maximum atomic E-state index is 12.9. The van der Waals surface area contributed by atoms with Crippen LogP contribution in [0.3, 0.4) is 0 Å². The molecule has 0 aromatic heterocycles. The van der Waals surface area contributed by atoms with E-state index in [0.717, 1.165) is 11.1 Å². The summed E-state index contributed by atoms with van der Waals surface area (Å²) in [7, 11) is 0. The lowest BCUT2D eigenvalue weighted by Gasteiger charge is -2.17. The summed E-state index contributed by atoms with van der Waals surface area (Å²) in [6, 6.07) is 25.7. The summed E-state index contributed by atoms with van der Waals surface area (Å²) in [5, 5.41) is 13.7. The predicted molar refractivity (Wildman–Crippen MR) is 106 cm³/mol. The number of non-ortho nitro benzene ring substituents is 1. The Kier molecular flexibility index (Phi) is 5.94. The molecule has 0 atom stereocenters. The minimum Gasteiger partial charge on any atom is -0.326 e. The highest BCUT2D eigenvalue weighted by atomic mass is 16.6. The van der Waals surface area contributed by atoms with Crippen molar-refractivity contribution in [1.82, 2.24) is 0 Å². The van der Waals surface area contributed by atoms with Crippen LogP contribution in [-0.2, 0) is 17.6 Å². The number of nitrogens with zero attached hydrogens (tertiary/aromatic N) is 1. The second-order valence-electron chi connectivity index (χ2n) is 6.37. The summed E-state index contributed by atoms with van der Waals surface area (Å²) in [4.78, 5) is 23.2. The van der Waals surface area contributed by atoms with E-state index < -0.39 is 4.92 Å². The summed E-state index contributed by atoms with van der Waals surface area (Å²) in [6.07, 6.45) is 1.24. The monoisotopic (exact) mass is 360 g/mol. The molecule has 1 amide bonds. The van der Waals surface area contributed by atoms with Crippen molar-refractivity contribution in [2.24, 2.45) is 5.92 Å². The Morgan fingerprint density at radius 1 is 0.815 bits per heavy atom. The molecule has 3 aromatic carbocycles. The Morgan fingerprint density at radius 3 is 1.74 bits per heavy atom. The van der Waals surface area contributed by atoms with Crippen LogP contribution in [0.5, 0.6) is 0 Å². The highest BCUT2D eigenvalue weighted by molar-refractivity contribution is 5.93. The van der Waals surface area contributed by atoms with E-state index in [0.29, 0.717) is 18.5 Å². The number of carbonyl (C=O) groups excluding carboxylic acids is 1. The number of amides is 1. The zero-order valence-electron chi connectivity index (χ0n) is 14.7. The maximum Gasteiger partial charge on any atom is 0.269 e. The average molecular weight is 360 g/mol. The van der Waals surface area contributed by atoms with Crippen LogP contribution in [-0.4, -0.2) is 10.8 Å². The number of nitrogens with one attached hydrogen (secondary N) is 1. The second kappa shape index (κ2) is 8.76. The summed E-state index contributed by atoms with van der Waals surface area (Å²) in [6.45, 7) is 0. The molecular weight excluding hydrogens is 340 g/mol. The van der Waals surface area contributed by atoms with Gasteiger partial charge in [0.15, 0.2) is 0 Å². The van der Waals surface area contributed by atoms with Crippen molar-refractivity contribution >= 4 is 17.3 Å². The first-order valence-electron chi connectivity index (χ1n) is 8.75. The van der Waals surface area contributed by atoms with Crippen LogP contribution in [0.15, 0.2) is 84.9 Å². The summed E-state index contributed by atoms with van der Waals surface area (Å²) in [5.74, 6) is -0.346. The van der Waals surface area contributed by atoms with Gasteiger partial charge in [-0.3, -0.25) is 14.9 Å². The molecule has 27 heavy (non-hydrogen) atoms. The van der Waals surface area contributed by atoms with Gasteiger partial charge in [-0.25, -0.2) is 0 Å². The number of nitro groups is 1. The van der Waals surface area contributed by atoms with Gasteiger partial charge in [0.25, 0.3) is 5.69 Å². The third-order valence-electron chi connectivity index (χ3n) is 4.37. The zero-order valence-corrected chi connectivity index (χ0v) is 14.7. The molecule has 0 bridgehead atoms. The highest BCUT2D eigenvalue weighted by Gasteiger charge is 2.20. The van der Waals surface area contributed by atoms with Crippen molar-refractivity contribution in [2.75, 3.05) is 5.32 Å². The Hall–Kier alpha value is -3.47. The van der Waals surface area contributed by atoms with Gasteiger partial charge in [0, 0.05) is 23.7 Å². The van der Waals surface area contributed by atoms with Crippen molar-refractivity contribution < 1.29 is 9.72 Å². The van der Waals surface area contributed by atoms with E-state index in [1.54, 1.807) is 12.1 Å². The van der Waals surface area contributed by atoms with Gasteiger partial charge in [-0.05, 0) is 36.1 Å². The molecule has 3 rings (SSSR count). The third-order valence-corrected chi connectivity index (χ3v) is 4.37. The van der Waals surface area contributed by atoms with Gasteiger partial charge in [-0.1, -0.05) is 60.7 Å². The van der Waals surface area contributed by atoms with Crippen molar-refractivity contribution in [2.45, 2.75) is 12.8 Å². The predicted octanol–water partition coefficient (Wildman–Crippen LogP) is 4.63. The van der Waals surface area contributed by atoms with E-state index in [1.165, 1.54) is 12.1 Å². The molecule has 5 nitrogen and oxygen atoms in total. The van der Waals surface area contributed by atoms with Gasteiger partial charge in [0.05, 0.1) is 4.92 Å². The molecule has 0 heterocycles. The van der Waals surface area contributed by atoms with Crippen LogP contribution in [0.1, 0.15) is 11.1 Å². The number of rotatable bonds is 7. The minimum absolute atomic E-state index is 0.00174. The average Bonchev–Trinajstić information content (AvgIpc) is 2.69. The van der Waals surface area contributed by atoms with Crippen LogP contribution >= 0.6 is 0 Å². The molecule has 5 heteroatoms. The molecule has 0 fully saturated rings. The Bertz CT molecular complexity index is 852. The summed E-state index contributed by atoms with van der Waals surface area (Å²) in [5.41, 5.74) is 2.74. The highest BCUT2D eigenvalue weighted by Crippen LogP contribution is 2.20. The van der Waals surface area contributed by atoms with Gasteiger partial charge in [-0.15, -0.1) is 0 Å². The van der Waals surface area contributed by atoms with E-state index in [1.807, 2.05) is 60.7 Å². The van der Waals surface area contributed by atoms with Gasteiger partial charge in [0.2, 0.25) is 5.91 Å². The Morgan fingerprint density at radius 2 is 1.30 bits per heavy atom. The second-order valence-corrected chi connectivity index (χ2v) is 6.37. The smallest absolute Gasteiger partial charge is 0.269 e. The van der Waals surface area contributed by atoms with Crippen LogP contribution in [0.2, 0.25) is 0 Å². The minimum atomic E-state index is -0.459. The quantitative estimate of drug-likeness (QED) is 0.493. The van der Waals surface area contributed by atoms with Gasteiger partial charge in [-0.2, -0.15) is 0 Å². The Balaban J connectivity index is 1.76. The van der Waals surface area contributed by atoms with Gasteiger partial charge >= 0.3 is 0 Å². The standard InChI is InChI=1S/C22H20N2O3/c25-22(23-20-11-13-21(14-12-20)24(26)27)19(15-17-7-3-1-4-8-17)16-18-9-5-2-6-10-18/h1-14,19H,15-16H2,(H,23,25). The van der Waals surface area contributed by atoms with Crippen molar-refractivity contribution in [3.05, 3.63) is 106 Å². The molecule has 1 N–H and O–H groups in total. The lowest BCUT2D eigenvalue weighted by molar-refractivity contribution is -0.384. The molecule has 0 spiro atoms. The number of hydrogen-bond acceptors (Lipinski definition) is 3. The SMILES string of the molecule is O=C(Nc1ccc([N+](=O)[O-])cc1)C(Cc1ccccc1)Cc1ccccc1. The fourth-order valence-electron chi connectivity index (χ4n) is 2.97. The topological polar surface area (TPSA) is 72.2 Å². The molecule has 0 unspecified atom stereocenters. The zero-order chi connectivity index (χ0) is 19.1. The van der Waals surface area contributed by atoms with Crippen LogP contribution < -0.4 is 5.32 Å². The molecule has 3 aromatic rings. The molecule has 0 aliphatic rings. The molecular formula is C22H20N2O3. The van der Waals surface area contributed by atoms with E-state index in [-0.39, 0.29) is 17.5 Å². The molecule has 0 aliphatic carbocycles. The van der Waals surface area contributed by atoms with Crippen molar-refractivity contribution in [3.63, 3.8) is 0 Å². The molecule has 136 valence electrons. The molecule has 0 aliphatic heterocycles. The lowest BCUT2D eigenvalue weighted by atomic mass is 9.91. The number of hydrogen-bond donors (Lipinski definition) is 1.